The fraction of sp³-hybridized carbons (Fsp3) is 0.222. The van der Waals surface area contributed by atoms with Crippen molar-refractivity contribution in [2.24, 2.45) is 0 Å². The molecule has 4 rings (SSSR count). The first-order chi connectivity index (χ1) is 12.7. The summed E-state index contributed by atoms with van der Waals surface area (Å²) in [6, 6.07) is 9.90. The highest BCUT2D eigenvalue weighted by molar-refractivity contribution is 7.98. The zero-order chi connectivity index (χ0) is 18.1. The van der Waals surface area contributed by atoms with Crippen LogP contribution in [0.1, 0.15) is 11.4 Å². The molecule has 0 aliphatic rings. The minimum Gasteiger partial charge on any atom is -0.497 e. The highest BCUT2D eigenvalue weighted by Crippen LogP contribution is 2.20. The Balaban J connectivity index is 1.70. The molecule has 0 saturated heterocycles. The molecule has 3 heterocycles. The fourth-order valence-corrected chi connectivity index (χ4v) is 3.11. The molecule has 0 amide bonds. The second-order valence-electron chi connectivity index (χ2n) is 5.79. The molecular weight excluding hydrogens is 348 g/mol. The maximum Gasteiger partial charge on any atom is 0.235 e. The third-order valence-electron chi connectivity index (χ3n) is 4.01. The van der Waals surface area contributed by atoms with Crippen molar-refractivity contribution in [3.05, 3.63) is 54.1 Å². The lowest BCUT2D eigenvalue weighted by molar-refractivity contribution is 0.414. The van der Waals surface area contributed by atoms with Gasteiger partial charge in [0.05, 0.1) is 13.7 Å². The van der Waals surface area contributed by atoms with Crippen LogP contribution < -0.4 is 4.74 Å². The van der Waals surface area contributed by atoms with Gasteiger partial charge in [0, 0.05) is 12.4 Å². The van der Waals surface area contributed by atoms with Crippen LogP contribution in [0.4, 0.5) is 0 Å². The molecule has 7 nitrogen and oxygen atoms in total. The molecule has 0 fully saturated rings. The van der Waals surface area contributed by atoms with Crippen molar-refractivity contribution in [1.82, 2.24) is 29.1 Å². The van der Waals surface area contributed by atoms with Crippen LogP contribution in [0.5, 0.6) is 5.75 Å². The third kappa shape index (κ3) is 3.15. The number of benzene rings is 1. The summed E-state index contributed by atoms with van der Waals surface area (Å²) in [6.45, 7) is 2.49. The summed E-state index contributed by atoms with van der Waals surface area (Å²) >= 11 is 1.59. The second kappa shape index (κ2) is 6.80. The maximum absolute atomic E-state index is 5.21. The van der Waals surface area contributed by atoms with E-state index in [2.05, 4.69) is 20.1 Å². The largest absolute Gasteiger partial charge is 0.497 e. The Kier molecular flexibility index (Phi) is 4.34. The van der Waals surface area contributed by atoms with Crippen LogP contribution in [0.25, 0.3) is 17.3 Å². The Bertz CT molecular complexity index is 1050. The molecule has 8 heteroatoms. The average Bonchev–Trinajstić information content (AvgIpc) is 3.24. The van der Waals surface area contributed by atoms with E-state index in [1.807, 2.05) is 65.0 Å². The Morgan fingerprint density at radius 2 is 1.88 bits per heavy atom. The lowest BCUT2D eigenvalue weighted by Gasteiger charge is -2.05. The van der Waals surface area contributed by atoms with Crippen molar-refractivity contribution in [3.63, 3.8) is 0 Å². The van der Waals surface area contributed by atoms with E-state index in [1.165, 1.54) is 0 Å². The minimum absolute atomic E-state index is 0.609. The molecule has 0 atom stereocenters. The van der Waals surface area contributed by atoms with E-state index >= 15 is 0 Å². The summed E-state index contributed by atoms with van der Waals surface area (Å²) in [4.78, 5) is 13.7. The normalized spacial score (nSPS) is 11.2. The molecule has 4 aromatic rings. The Morgan fingerprint density at radius 1 is 1.08 bits per heavy atom. The molecule has 0 unspecified atom stereocenters. The highest BCUT2D eigenvalue weighted by atomic mass is 32.2. The number of aromatic nitrogens is 6. The maximum atomic E-state index is 5.21. The van der Waals surface area contributed by atoms with Gasteiger partial charge >= 0.3 is 0 Å². The standard InChI is InChI=1S/C18H18N6OS/c1-12-19-17(15-11-23-9-8-16(26-3)21-18(23)20-15)24(22-12)10-13-4-6-14(25-2)7-5-13/h4-9,11H,10H2,1-3H3. The van der Waals surface area contributed by atoms with E-state index < -0.39 is 0 Å². The Hall–Kier alpha value is -2.87. The summed E-state index contributed by atoms with van der Waals surface area (Å²) in [5.41, 5.74) is 1.87. The van der Waals surface area contributed by atoms with Crippen LogP contribution in [-0.4, -0.2) is 42.5 Å². The van der Waals surface area contributed by atoms with Gasteiger partial charge in [0.25, 0.3) is 0 Å². The van der Waals surface area contributed by atoms with Gasteiger partial charge in [-0.3, -0.25) is 4.40 Å². The fourth-order valence-electron chi connectivity index (χ4n) is 2.74. The van der Waals surface area contributed by atoms with E-state index in [1.54, 1.807) is 18.9 Å². The number of hydrogen-bond acceptors (Lipinski definition) is 6. The predicted molar refractivity (Wildman–Crippen MR) is 101 cm³/mol. The van der Waals surface area contributed by atoms with Gasteiger partial charge in [0.1, 0.15) is 22.3 Å². The van der Waals surface area contributed by atoms with Crippen molar-refractivity contribution in [1.29, 1.82) is 0 Å². The molecule has 0 spiro atoms. The number of thioether (sulfide) groups is 1. The van der Waals surface area contributed by atoms with E-state index in [0.29, 0.717) is 18.1 Å². The number of hydrogen-bond donors (Lipinski definition) is 0. The highest BCUT2D eigenvalue weighted by Gasteiger charge is 2.15. The second-order valence-corrected chi connectivity index (χ2v) is 6.62. The topological polar surface area (TPSA) is 70.1 Å². The van der Waals surface area contributed by atoms with E-state index in [9.17, 15) is 0 Å². The van der Waals surface area contributed by atoms with Gasteiger partial charge in [0.2, 0.25) is 5.78 Å². The number of fused-ring (bicyclic) bond motifs is 1. The summed E-state index contributed by atoms with van der Waals surface area (Å²) in [6.07, 6.45) is 5.89. The number of methoxy groups -OCH3 is 1. The number of imidazole rings is 1. The first-order valence-corrected chi connectivity index (χ1v) is 9.33. The van der Waals surface area contributed by atoms with Crippen LogP contribution in [0.3, 0.4) is 0 Å². The molecule has 0 radical (unpaired) electrons. The summed E-state index contributed by atoms with van der Waals surface area (Å²) in [7, 11) is 1.66. The Labute approximate surface area is 155 Å². The van der Waals surface area contributed by atoms with Crippen molar-refractivity contribution >= 4 is 17.5 Å². The molecule has 0 aliphatic carbocycles. The molecule has 1 aromatic carbocycles. The van der Waals surface area contributed by atoms with E-state index in [0.717, 1.165) is 27.9 Å². The molecule has 0 bridgehead atoms. The van der Waals surface area contributed by atoms with Crippen LogP contribution in [-0.2, 0) is 6.54 Å². The van der Waals surface area contributed by atoms with Crippen molar-refractivity contribution in [2.75, 3.05) is 13.4 Å². The van der Waals surface area contributed by atoms with Gasteiger partial charge in [-0.1, -0.05) is 12.1 Å². The molecule has 132 valence electrons. The smallest absolute Gasteiger partial charge is 0.235 e. The predicted octanol–water partition coefficient (Wildman–Crippen LogP) is 3.08. The van der Waals surface area contributed by atoms with Gasteiger partial charge in [0.15, 0.2) is 5.82 Å². The molecule has 0 saturated carbocycles. The van der Waals surface area contributed by atoms with Gasteiger partial charge in [-0.05, 0) is 36.9 Å². The number of rotatable bonds is 5. The number of ether oxygens (including phenoxy) is 1. The lowest BCUT2D eigenvalue weighted by Crippen LogP contribution is -2.04. The SMILES string of the molecule is COc1ccc(Cn2nc(C)nc2-c2cn3ccc(SC)nc3n2)cc1. The average molecular weight is 366 g/mol. The van der Waals surface area contributed by atoms with Crippen LogP contribution in [0.2, 0.25) is 0 Å². The van der Waals surface area contributed by atoms with Gasteiger partial charge < -0.3 is 4.74 Å². The van der Waals surface area contributed by atoms with Crippen molar-refractivity contribution in [2.45, 2.75) is 18.5 Å². The van der Waals surface area contributed by atoms with Gasteiger partial charge in [-0.15, -0.1) is 11.8 Å². The van der Waals surface area contributed by atoms with E-state index in [-0.39, 0.29) is 0 Å². The summed E-state index contributed by atoms with van der Waals surface area (Å²) < 4.78 is 8.98. The van der Waals surface area contributed by atoms with Crippen LogP contribution in [0, 0.1) is 6.92 Å². The number of aryl methyl sites for hydroxylation is 1. The first kappa shape index (κ1) is 16.6. The van der Waals surface area contributed by atoms with Gasteiger partial charge in [-0.25, -0.2) is 19.6 Å². The molecule has 3 aromatic heterocycles. The summed E-state index contributed by atoms with van der Waals surface area (Å²) in [5.74, 6) is 2.93. The molecule has 0 aliphatic heterocycles. The monoisotopic (exact) mass is 366 g/mol. The Morgan fingerprint density at radius 3 is 2.62 bits per heavy atom. The summed E-state index contributed by atoms with van der Waals surface area (Å²) in [5, 5.41) is 5.46. The first-order valence-electron chi connectivity index (χ1n) is 8.11. The lowest BCUT2D eigenvalue weighted by atomic mass is 10.2. The quantitative estimate of drug-likeness (QED) is 0.399. The molecular formula is C18H18N6OS. The van der Waals surface area contributed by atoms with Crippen molar-refractivity contribution in [3.8, 4) is 17.3 Å². The van der Waals surface area contributed by atoms with Crippen LogP contribution in [0.15, 0.2) is 47.8 Å². The third-order valence-corrected chi connectivity index (χ3v) is 4.65. The molecule has 0 N–H and O–H groups in total. The van der Waals surface area contributed by atoms with Gasteiger partial charge in [-0.2, -0.15) is 5.10 Å². The van der Waals surface area contributed by atoms with Crippen LogP contribution >= 0.6 is 11.8 Å². The van der Waals surface area contributed by atoms with Crippen molar-refractivity contribution < 1.29 is 4.74 Å². The zero-order valence-electron chi connectivity index (χ0n) is 14.7. The zero-order valence-corrected chi connectivity index (χ0v) is 15.6. The number of nitrogens with zero attached hydrogens (tertiary/aromatic N) is 6. The minimum atomic E-state index is 0.609. The molecule has 26 heavy (non-hydrogen) atoms. The van der Waals surface area contributed by atoms with E-state index in [4.69, 9.17) is 4.74 Å².